The van der Waals surface area contributed by atoms with Crippen molar-refractivity contribution in [2.45, 2.75) is 38.5 Å². The van der Waals surface area contributed by atoms with E-state index in [1.54, 1.807) is 0 Å². The summed E-state index contributed by atoms with van der Waals surface area (Å²) in [5, 5.41) is 2.17. The third kappa shape index (κ3) is 4.74. The van der Waals surface area contributed by atoms with Gasteiger partial charge in [0.25, 0.3) is 0 Å². The lowest BCUT2D eigenvalue weighted by Gasteiger charge is -2.01. The van der Waals surface area contributed by atoms with Gasteiger partial charge in [0, 0.05) is 4.88 Å². The summed E-state index contributed by atoms with van der Waals surface area (Å²) in [5.74, 6) is 0. The van der Waals surface area contributed by atoms with Crippen molar-refractivity contribution in [3.63, 3.8) is 0 Å². The van der Waals surface area contributed by atoms with Crippen molar-refractivity contribution < 1.29 is 0 Å². The average Bonchev–Trinajstić information content (AvgIpc) is 2.88. The minimum atomic E-state index is 1.24. The molecule has 0 atom stereocenters. The molecule has 2 rings (SSSR count). The van der Waals surface area contributed by atoms with Gasteiger partial charge < -0.3 is 0 Å². The first-order chi connectivity index (χ1) is 8.45. The molecule has 0 nitrogen and oxygen atoms in total. The second kappa shape index (κ2) is 7.29. The second-order valence-electron chi connectivity index (χ2n) is 4.48. The van der Waals surface area contributed by atoms with Crippen molar-refractivity contribution in [2.24, 2.45) is 0 Å². The zero-order valence-electron chi connectivity index (χ0n) is 10.3. The molecule has 0 spiro atoms. The van der Waals surface area contributed by atoms with Crippen LogP contribution in [0.4, 0.5) is 0 Å². The predicted molar refractivity (Wildman–Crippen MR) is 76.6 cm³/mol. The Morgan fingerprint density at radius 2 is 1.47 bits per heavy atom. The van der Waals surface area contributed by atoms with E-state index in [2.05, 4.69) is 47.8 Å². The molecule has 1 heteroatoms. The van der Waals surface area contributed by atoms with Crippen molar-refractivity contribution in [3.05, 3.63) is 58.3 Å². The highest BCUT2D eigenvalue weighted by Crippen LogP contribution is 2.14. The lowest BCUT2D eigenvalue weighted by atomic mass is 10.1. The van der Waals surface area contributed by atoms with Gasteiger partial charge in [-0.15, -0.1) is 11.3 Å². The van der Waals surface area contributed by atoms with Gasteiger partial charge in [0.15, 0.2) is 0 Å². The van der Waals surface area contributed by atoms with Gasteiger partial charge in [0.05, 0.1) is 0 Å². The summed E-state index contributed by atoms with van der Waals surface area (Å²) in [6.07, 6.45) is 7.90. The first-order valence-electron chi connectivity index (χ1n) is 6.51. The Labute approximate surface area is 108 Å². The molecule has 0 fully saturated rings. The average molecular weight is 244 g/mol. The van der Waals surface area contributed by atoms with E-state index < -0.39 is 0 Å². The zero-order chi connectivity index (χ0) is 11.8. The molecule has 0 aliphatic carbocycles. The van der Waals surface area contributed by atoms with Gasteiger partial charge in [0.1, 0.15) is 0 Å². The van der Waals surface area contributed by atoms with Gasteiger partial charge in [-0.2, -0.15) is 0 Å². The summed E-state index contributed by atoms with van der Waals surface area (Å²) in [5.41, 5.74) is 1.48. The fourth-order valence-electron chi connectivity index (χ4n) is 2.08. The van der Waals surface area contributed by atoms with Crippen molar-refractivity contribution in [1.29, 1.82) is 0 Å². The van der Waals surface area contributed by atoms with Gasteiger partial charge in [-0.1, -0.05) is 49.2 Å². The van der Waals surface area contributed by atoms with Gasteiger partial charge in [-0.3, -0.25) is 0 Å². The summed E-state index contributed by atoms with van der Waals surface area (Å²) < 4.78 is 0. The lowest BCUT2D eigenvalue weighted by molar-refractivity contribution is 0.643. The number of hydrogen-bond donors (Lipinski definition) is 0. The van der Waals surface area contributed by atoms with Crippen molar-refractivity contribution in [1.82, 2.24) is 0 Å². The monoisotopic (exact) mass is 244 g/mol. The number of aryl methyl sites for hydroxylation is 2. The molecular weight excluding hydrogens is 224 g/mol. The van der Waals surface area contributed by atoms with Crippen LogP contribution in [0.1, 0.15) is 36.1 Å². The summed E-state index contributed by atoms with van der Waals surface area (Å²) in [4.78, 5) is 1.54. The number of unbranched alkanes of at least 4 members (excludes halogenated alkanes) is 3. The maximum absolute atomic E-state index is 2.24. The molecule has 0 saturated heterocycles. The molecule has 1 heterocycles. The van der Waals surface area contributed by atoms with E-state index in [0.29, 0.717) is 0 Å². The van der Waals surface area contributed by atoms with Crippen LogP contribution in [0.25, 0.3) is 0 Å². The lowest BCUT2D eigenvalue weighted by Crippen LogP contribution is -1.86. The molecule has 90 valence electrons. The van der Waals surface area contributed by atoms with Crippen LogP contribution in [-0.4, -0.2) is 0 Å². The molecule has 0 aliphatic heterocycles. The van der Waals surface area contributed by atoms with E-state index >= 15 is 0 Å². The molecule has 0 aliphatic rings. The van der Waals surface area contributed by atoms with E-state index in [9.17, 15) is 0 Å². The van der Waals surface area contributed by atoms with E-state index in [-0.39, 0.29) is 0 Å². The van der Waals surface area contributed by atoms with Crippen LogP contribution >= 0.6 is 11.3 Å². The third-order valence-corrected chi connectivity index (χ3v) is 4.00. The maximum atomic E-state index is 2.24. The van der Waals surface area contributed by atoms with E-state index in [4.69, 9.17) is 0 Å². The van der Waals surface area contributed by atoms with Crippen LogP contribution in [0, 0.1) is 0 Å². The molecule has 0 saturated carbocycles. The molecule has 2 aromatic rings. The topological polar surface area (TPSA) is 0 Å². The highest BCUT2D eigenvalue weighted by molar-refractivity contribution is 7.09. The normalized spacial score (nSPS) is 10.6. The van der Waals surface area contributed by atoms with Crippen LogP contribution < -0.4 is 0 Å². The Kier molecular flexibility index (Phi) is 5.31. The number of hydrogen-bond acceptors (Lipinski definition) is 1. The quantitative estimate of drug-likeness (QED) is 0.595. The SMILES string of the molecule is c1ccc(CCCCCCc2cccs2)cc1. The van der Waals surface area contributed by atoms with Crippen LogP contribution in [-0.2, 0) is 12.8 Å². The number of benzene rings is 1. The molecule has 0 bridgehead atoms. The van der Waals surface area contributed by atoms with Crippen molar-refractivity contribution in [2.75, 3.05) is 0 Å². The van der Waals surface area contributed by atoms with Gasteiger partial charge in [-0.25, -0.2) is 0 Å². The highest BCUT2D eigenvalue weighted by atomic mass is 32.1. The fraction of sp³-hybridized carbons (Fsp3) is 0.375. The van der Waals surface area contributed by atoms with E-state index in [1.165, 1.54) is 49.0 Å². The first kappa shape index (κ1) is 12.4. The molecule has 1 aromatic carbocycles. The van der Waals surface area contributed by atoms with Crippen LogP contribution in [0.5, 0.6) is 0 Å². The first-order valence-corrected chi connectivity index (χ1v) is 7.39. The number of rotatable bonds is 7. The second-order valence-corrected chi connectivity index (χ2v) is 5.51. The third-order valence-electron chi connectivity index (χ3n) is 3.06. The minimum Gasteiger partial charge on any atom is -0.149 e. The van der Waals surface area contributed by atoms with E-state index in [0.717, 1.165) is 0 Å². The van der Waals surface area contributed by atoms with Crippen molar-refractivity contribution >= 4 is 11.3 Å². The molecule has 0 amide bonds. The largest absolute Gasteiger partial charge is 0.149 e. The Morgan fingerprint density at radius 3 is 2.18 bits per heavy atom. The Balaban J connectivity index is 1.52. The molecule has 0 radical (unpaired) electrons. The standard InChI is InChI=1S/C16H20S/c1(2-7-12-16-13-8-14-17-16)4-9-15-10-5-3-6-11-15/h3,5-6,8,10-11,13-14H,1-2,4,7,9,12H2. The zero-order valence-corrected chi connectivity index (χ0v) is 11.1. The summed E-state index contributed by atoms with van der Waals surface area (Å²) in [6.45, 7) is 0. The maximum Gasteiger partial charge on any atom is 0.00452 e. The van der Waals surface area contributed by atoms with E-state index in [1.807, 2.05) is 11.3 Å². The summed E-state index contributed by atoms with van der Waals surface area (Å²) >= 11 is 1.88. The van der Waals surface area contributed by atoms with Gasteiger partial charge >= 0.3 is 0 Å². The summed E-state index contributed by atoms with van der Waals surface area (Å²) in [6, 6.07) is 15.2. The Morgan fingerprint density at radius 1 is 0.706 bits per heavy atom. The van der Waals surface area contributed by atoms with Gasteiger partial charge in [0.2, 0.25) is 0 Å². The highest BCUT2D eigenvalue weighted by Gasteiger charge is 1.95. The smallest absolute Gasteiger partial charge is 0.00452 e. The number of thiophene rings is 1. The fourth-order valence-corrected chi connectivity index (χ4v) is 2.83. The minimum absolute atomic E-state index is 1.24. The summed E-state index contributed by atoms with van der Waals surface area (Å²) in [7, 11) is 0. The Hall–Kier alpha value is -1.08. The van der Waals surface area contributed by atoms with Crippen molar-refractivity contribution in [3.8, 4) is 0 Å². The molecule has 0 unspecified atom stereocenters. The molecular formula is C16H20S. The van der Waals surface area contributed by atoms with Crippen LogP contribution in [0.2, 0.25) is 0 Å². The molecule has 17 heavy (non-hydrogen) atoms. The predicted octanol–water partition coefficient (Wildman–Crippen LogP) is 5.09. The Bertz CT molecular complexity index is 389. The van der Waals surface area contributed by atoms with Crippen LogP contribution in [0.3, 0.4) is 0 Å². The molecule has 0 N–H and O–H groups in total. The van der Waals surface area contributed by atoms with Crippen LogP contribution in [0.15, 0.2) is 47.8 Å². The van der Waals surface area contributed by atoms with Gasteiger partial charge in [-0.05, 0) is 42.7 Å². The molecule has 1 aromatic heterocycles.